The summed E-state index contributed by atoms with van der Waals surface area (Å²) in [6.07, 6.45) is 0. The van der Waals surface area contributed by atoms with E-state index in [9.17, 15) is 8.42 Å². The zero-order valence-electron chi connectivity index (χ0n) is 12.9. The van der Waals surface area contributed by atoms with Gasteiger partial charge in [-0.2, -0.15) is 0 Å². The van der Waals surface area contributed by atoms with Crippen molar-refractivity contribution in [1.29, 1.82) is 0 Å². The molecule has 1 fully saturated rings. The lowest BCUT2D eigenvalue weighted by molar-refractivity contribution is 0.591. The molecule has 1 aliphatic rings. The van der Waals surface area contributed by atoms with Gasteiger partial charge in [-0.1, -0.05) is 47.5 Å². The monoisotopic (exact) mass is 315 g/mol. The van der Waals surface area contributed by atoms with Gasteiger partial charge in [-0.25, -0.2) is 8.42 Å². The molecule has 0 heterocycles. The highest BCUT2D eigenvalue weighted by molar-refractivity contribution is 7.92. The van der Waals surface area contributed by atoms with E-state index in [1.165, 1.54) is 5.56 Å². The van der Waals surface area contributed by atoms with Crippen molar-refractivity contribution >= 4 is 9.84 Å². The molecule has 0 amide bonds. The van der Waals surface area contributed by atoms with Crippen LogP contribution in [0.5, 0.6) is 0 Å². The van der Waals surface area contributed by atoms with E-state index in [2.05, 4.69) is 0 Å². The maximum absolute atomic E-state index is 12.9. The zero-order valence-corrected chi connectivity index (χ0v) is 13.7. The predicted octanol–water partition coefficient (Wildman–Crippen LogP) is 2.82. The molecule has 0 radical (unpaired) electrons. The van der Waals surface area contributed by atoms with Crippen molar-refractivity contribution in [3.63, 3.8) is 0 Å². The Morgan fingerprint density at radius 3 is 1.91 bits per heavy atom. The molecule has 3 nitrogen and oxygen atoms in total. The number of benzene rings is 2. The van der Waals surface area contributed by atoms with Crippen LogP contribution in [0.25, 0.3) is 0 Å². The fourth-order valence-corrected chi connectivity index (χ4v) is 5.38. The minimum atomic E-state index is -3.33. The van der Waals surface area contributed by atoms with E-state index in [-0.39, 0.29) is 11.8 Å². The fraction of sp³-hybridized carbons (Fsp3) is 0.333. The van der Waals surface area contributed by atoms with Gasteiger partial charge in [0.05, 0.1) is 10.1 Å². The van der Waals surface area contributed by atoms with Crippen LogP contribution in [0.15, 0.2) is 53.4 Å². The SMILES string of the molecule is Cc1ccc([C@@H]2[C@H](CN)[C@@H]2S(=O)(=O)c2ccc(C)cc2)cc1. The van der Waals surface area contributed by atoms with Crippen LogP contribution in [0.2, 0.25) is 0 Å². The summed E-state index contributed by atoms with van der Waals surface area (Å²) >= 11 is 0. The molecule has 2 N–H and O–H groups in total. The van der Waals surface area contributed by atoms with Gasteiger partial charge in [-0.15, -0.1) is 0 Å². The average molecular weight is 315 g/mol. The van der Waals surface area contributed by atoms with Gasteiger partial charge in [0.1, 0.15) is 0 Å². The topological polar surface area (TPSA) is 60.2 Å². The highest BCUT2D eigenvalue weighted by Crippen LogP contribution is 2.53. The van der Waals surface area contributed by atoms with E-state index in [0.717, 1.165) is 11.1 Å². The van der Waals surface area contributed by atoms with Crippen LogP contribution in [0.3, 0.4) is 0 Å². The van der Waals surface area contributed by atoms with Gasteiger partial charge in [0.2, 0.25) is 0 Å². The molecule has 4 heteroatoms. The van der Waals surface area contributed by atoms with E-state index in [4.69, 9.17) is 5.73 Å². The van der Waals surface area contributed by atoms with Crippen molar-refractivity contribution in [1.82, 2.24) is 0 Å². The van der Waals surface area contributed by atoms with Crippen molar-refractivity contribution in [2.75, 3.05) is 6.54 Å². The molecule has 22 heavy (non-hydrogen) atoms. The van der Waals surface area contributed by atoms with Crippen LogP contribution < -0.4 is 5.73 Å². The Balaban J connectivity index is 1.93. The third kappa shape index (κ3) is 2.57. The molecule has 0 spiro atoms. The number of rotatable bonds is 4. The molecule has 0 unspecified atom stereocenters. The molecule has 0 aliphatic heterocycles. The van der Waals surface area contributed by atoms with Crippen LogP contribution in [0, 0.1) is 19.8 Å². The number of aryl methyl sites for hydroxylation is 2. The van der Waals surface area contributed by atoms with Crippen LogP contribution in [0.1, 0.15) is 22.6 Å². The maximum atomic E-state index is 12.9. The third-order valence-corrected chi connectivity index (χ3v) is 6.83. The van der Waals surface area contributed by atoms with Crippen LogP contribution in [-0.2, 0) is 9.84 Å². The Bertz CT molecular complexity index is 764. The number of hydrogen-bond acceptors (Lipinski definition) is 3. The number of hydrogen-bond donors (Lipinski definition) is 1. The smallest absolute Gasteiger partial charge is 0.182 e. The Morgan fingerprint density at radius 1 is 0.909 bits per heavy atom. The first-order chi connectivity index (χ1) is 10.4. The van der Waals surface area contributed by atoms with Gasteiger partial charge in [-0.3, -0.25) is 0 Å². The molecule has 0 bridgehead atoms. The first kappa shape index (κ1) is 15.3. The fourth-order valence-electron chi connectivity index (χ4n) is 3.16. The maximum Gasteiger partial charge on any atom is 0.182 e. The van der Waals surface area contributed by atoms with Gasteiger partial charge in [0.15, 0.2) is 9.84 Å². The molecule has 2 aromatic rings. The molecule has 116 valence electrons. The van der Waals surface area contributed by atoms with E-state index in [0.29, 0.717) is 11.4 Å². The molecule has 1 aliphatic carbocycles. The van der Waals surface area contributed by atoms with Crippen LogP contribution in [-0.4, -0.2) is 20.2 Å². The molecule has 1 saturated carbocycles. The summed E-state index contributed by atoms with van der Waals surface area (Å²) < 4.78 is 25.7. The molecule has 0 aromatic heterocycles. The molecule has 2 aromatic carbocycles. The van der Waals surface area contributed by atoms with Crippen molar-refractivity contribution in [2.24, 2.45) is 11.7 Å². The molecule has 3 rings (SSSR count). The summed E-state index contributed by atoms with van der Waals surface area (Å²) in [6, 6.07) is 15.2. The van der Waals surface area contributed by atoms with E-state index < -0.39 is 15.1 Å². The van der Waals surface area contributed by atoms with Crippen molar-refractivity contribution in [2.45, 2.75) is 29.9 Å². The standard InChI is InChI=1S/C18H21NO2S/c1-12-3-7-14(8-4-12)17-16(11-19)18(17)22(20,21)15-9-5-13(2)6-10-15/h3-10,16-18H,11,19H2,1-2H3/t16-,17+,18-/m0/s1. The van der Waals surface area contributed by atoms with Gasteiger partial charge in [0.25, 0.3) is 0 Å². The van der Waals surface area contributed by atoms with Crippen molar-refractivity contribution in [3.05, 3.63) is 65.2 Å². The average Bonchev–Trinajstić information content (AvgIpc) is 3.24. The lowest BCUT2D eigenvalue weighted by Gasteiger charge is -2.05. The first-order valence-corrected chi connectivity index (χ1v) is 9.07. The predicted molar refractivity (Wildman–Crippen MR) is 88.6 cm³/mol. The summed E-state index contributed by atoms with van der Waals surface area (Å²) in [5, 5.41) is -0.400. The Hall–Kier alpha value is -1.65. The second-order valence-corrected chi connectivity index (χ2v) is 8.26. The van der Waals surface area contributed by atoms with Gasteiger partial charge < -0.3 is 5.73 Å². The summed E-state index contributed by atoms with van der Waals surface area (Å²) in [7, 11) is -3.33. The van der Waals surface area contributed by atoms with E-state index >= 15 is 0 Å². The number of nitrogens with two attached hydrogens (primary N) is 1. The summed E-state index contributed by atoms with van der Waals surface area (Å²) in [6.45, 7) is 4.37. The minimum Gasteiger partial charge on any atom is -0.330 e. The molecule has 3 atom stereocenters. The second kappa shape index (κ2) is 5.52. The Labute approximate surface area is 132 Å². The Morgan fingerprint density at radius 2 is 1.41 bits per heavy atom. The van der Waals surface area contributed by atoms with Gasteiger partial charge in [0, 0.05) is 5.92 Å². The van der Waals surface area contributed by atoms with E-state index in [1.807, 2.05) is 50.2 Å². The number of sulfone groups is 1. The third-order valence-electron chi connectivity index (χ3n) is 4.54. The highest BCUT2D eigenvalue weighted by atomic mass is 32.2. The lowest BCUT2D eigenvalue weighted by atomic mass is 10.1. The first-order valence-electron chi connectivity index (χ1n) is 7.52. The van der Waals surface area contributed by atoms with Crippen LogP contribution >= 0.6 is 0 Å². The van der Waals surface area contributed by atoms with Gasteiger partial charge in [-0.05, 0) is 44.0 Å². The summed E-state index contributed by atoms with van der Waals surface area (Å²) in [5.41, 5.74) is 9.12. The Kier molecular flexibility index (Phi) is 3.83. The summed E-state index contributed by atoms with van der Waals surface area (Å²) in [5.74, 6) is 0.0194. The normalized spacial score (nSPS) is 24.2. The molecule has 0 saturated heterocycles. The summed E-state index contributed by atoms with van der Waals surface area (Å²) in [4.78, 5) is 0.399. The highest BCUT2D eigenvalue weighted by Gasteiger charge is 2.57. The van der Waals surface area contributed by atoms with Crippen molar-refractivity contribution in [3.8, 4) is 0 Å². The molecular weight excluding hydrogens is 294 g/mol. The van der Waals surface area contributed by atoms with Gasteiger partial charge >= 0.3 is 0 Å². The quantitative estimate of drug-likeness (QED) is 0.944. The minimum absolute atomic E-state index is 0.00834. The molecular formula is C18H21NO2S. The van der Waals surface area contributed by atoms with Crippen LogP contribution in [0.4, 0.5) is 0 Å². The van der Waals surface area contributed by atoms with E-state index in [1.54, 1.807) is 12.1 Å². The second-order valence-electron chi connectivity index (χ2n) is 6.16. The van der Waals surface area contributed by atoms with Crippen molar-refractivity contribution < 1.29 is 8.42 Å². The largest absolute Gasteiger partial charge is 0.330 e. The zero-order chi connectivity index (χ0) is 15.9. The lowest BCUT2D eigenvalue weighted by Crippen LogP contribution is -2.13.